The Bertz CT molecular complexity index is 323. The van der Waals surface area contributed by atoms with E-state index in [1.165, 1.54) is 4.90 Å². The molecule has 2 heterocycles. The van der Waals surface area contributed by atoms with Crippen LogP contribution in [0.2, 0.25) is 0 Å². The summed E-state index contributed by atoms with van der Waals surface area (Å²) < 4.78 is 5.57. The smallest absolute Gasteiger partial charge is 0.326 e. The van der Waals surface area contributed by atoms with Gasteiger partial charge in [0.05, 0.1) is 18.6 Å². The average Bonchev–Trinajstić information content (AvgIpc) is 2.34. The Hall–Kier alpha value is -1.18. The van der Waals surface area contributed by atoms with Crippen molar-refractivity contribution in [2.24, 2.45) is 5.92 Å². The van der Waals surface area contributed by atoms with Gasteiger partial charge in [-0.15, -0.1) is 0 Å². The first-order valence-electron chi connectivity index (χ1n) is 5.70. The number of ether oxygens (including phenoxy) is 1. The van der Waals surface area contributed by atoms with Crippen LogP contribution in [0, 0.1) is 5.92 Å². The lowest BCUT2D eigenvalue weighted by Gasteiger charge is -2.40. The minimum absolute atomic E-state index is 0.0898. The van der Waals surface area contributed by atoms with E-state index in [2.05, 4.69) is 10.6 Å². The maximum Gasteiger partial charge on any atom is 0.326 e. The van der Waals surface area contributed by atoms with Gasteiger partial charge in [0.25, 0.3) is 0 Å². The summed E-state index contributed by atoms with van der Waals surface area (Å²) in [6.07, 6.45) is -0.745. The summed E-state index contributed by atoms with van der Waals surface area (Å²) in [5.74, 6) is -0.500. The molecular weight excluding hydrogens is 226 g/mol. The number of carbonyl (C=O) groups excluding carboxylic acids is 2. The number of imide groups is 1. The SMILES string of the molecule is CC1CN([C@H]2CNC[C@@H](CO)O2)C(=O)NC1=O. The molecule has 3 atom stereocenters. The van der Waals surface area contributed by atoms with Crippen LogP contribution in [-0.4, -0.2) is 60.5 Å². The zero-order valence-corrected chi connectivity index (χ0v) is 9.68. The number of urea groups is 1. The maximum atomic E-state index is 11.7. The predicted molar refractivity (Wildman–Crippen MR) is 58.0 cm³/mol. The van der Waals surface area contributed by atoms with E-state index in [9.17, 15) is 9.59 Å². The van der Waals surface area contributed by atoms with Crippen LogP contribution >= 0.6 is 0 Å². The molecule has 0 aromatic heterocycles. The summed E-state index contributed by atoms with van der Waals surface area (Å²) in [7, 11) is 0. The third kappa shape index (κ3) is 2.56. The van der Waals surface area contributed by atoms with Crippen LogP contribution in [0.4, 0.5) is 4.79 Å². The molecule has 96 valence electrons. The highest BCUT2D eigenvalue weighted by molar-refractivity contribution is 5.97. The lowest BCUT2D eigenvalue weighted by atomic mass is 10.1. The van der Waals surface area contributed by atoms with Crippen molar-refractivity contribution >= 4 is 11.9 Å². The Morgan fingerprint density at radius 3 is 2.94 bits per heavy atom. The monoisotopic (exact) mass is 243 g/mol. The number of carbonyl (C=O) groups is 2. The highest BCUT2D eigenvalue weighted by Crippen LogP contribution is 2.15. The van der Waals surface area contributed by atoms with Gasteiger partial charge in [0.1, 0.15) is 6.23 Å². The molecule has 0 aromatic carbocycles. The van der Waals surface area contributed by atoms with Crippen LogP contribution in [0.1, 0.15) is 6.92 Å². The fraction of sp³-hybridized carbons (Fsp3) is 0.800. The summed E-state index contributed by atoms with van der Waals surface area (Å²) in [6.45, 7) is 3.08. The number of aliphatic hydroxyl groups is 1. The lowest BCUT2D eigenvalue weighted by Crippen LogP contribution is -2.62. The summed E-state index contributed by atoms with van der Waals surface area (Å²) >= 11 is 0. The molecule has 7 nitrogen and oxygen atoms in total. The van der Waals surface area contributed by atoms with E-state index < -0.39 is 12.3 Å². The Morgan fingerprint density at radius 1 is 1.47 bits per heavy atom. The highest BCUT2D eigenvalue weighted by atomic mass is 16.5. The first-order valence-corrected chi connectivity index (χ1v) is 5.70. The van der Waals surface area contributed by atoms with Gasteiger partial charge in [-0.2, -0.15) is 0 Å². The average molecular weight is 243 g/mol. The number of hydrogen-bond acceptors (Lipinski definition) is 5. The number of aliphatic hydroxyl groups excluding tert-OH is 1. The van der Waals surface area contributed by atoms with Gasteiger partial charge in [0, 0.05) is 19.6 Å². The molecule has 2 saturated heterocycles. The molecule has 1 unspecified atom stereocenters. The van der Waals surface area contributed by atoms with Gasteiger partial charge in [0.2, 0.25) is 5.91 Å². The predicted octanol–water partition coefficient (Wildman–Crippen LogP) is -1.52. The van der Waals surface area contributed by atoms with E-state index in [4.69, 9.17) is 9.84 Å². The van der Waals surface area contributed by atoms with Gasteiger partial charge in [-0.25, -0.2) is 4.79 Å². The Morgan fingerprint density at radius 2 is 2.24 bits per heavy atom. The van der Waals surface area contributed by atoms with Gasteiger partial charge >= 0.3 is 6.03 Å². The second kappa shape index (κ2) is 4.99. The van der Waals surface area contributed by atoms with Gasteiger partial charge in [-0.05, 0) is 0 Å². The molecule has 17 heavy (non-hydrogen) atoms. The number of morpholine rings is 1. The lowest BCUT2D eigenvalue weighted by molar-refractivity contribution is -0.136. The van der Waals surface area contributed by atoms with E-state index in [1.807, 2.05) is 0 Å². The highest BCUT2D eigenvalue weighted by Gasteiger charge is 2.36. The minimum atomic E-state index is -0.434. The number of rotatable bonds is 2. The maximum absolute atomic E-state index is 11.7. The van der Waals surface area contributed by atoms with E-state index >= 15 is 0 Å². The molecule has 0 spiro atoms. The van der Waals surface area contributed by atoms with Crippen LogP contribution in [-0.2, 0) is 9.53 Å². The first kappa shape index (κ1) is 12.3. The van der Waals surface area contributed by atoms with E-state index in [-0.39, 0.29) is 24.5 Å². The molecule has 7 heteroatoms. The van der Waals surface area contributed by atoms with Crippen LogP contribution < -0.4 is 10.6 Å². The second-order valence-corrected chi connectivity index (χ2v) is 4.40. The zero-order chi connectivity index (χ0) is 12.4. The van der Waals surface area contributed by atoms with Gasteiger partial charge in [-0.3, -0.25) is 15.0 Å². The number of nitrogens with one attached hydrogen (secondary N) is 2. The normalized spacial score (nSPS) is 34.7. The molecule has 3 N–H and O–H groups in total. The Balaban J connectivity index is 2.01. The quantitative estimate of drug-likeness (QED) is 0.548. The van der Waals surface area contributed by atoms with E-state index in [1.54, 1.807) is 6.92 Å². The van der Waals surface area contributed by atoms with Gasteiger partial charge < -0.3 is 15.2 Å². The fourth-order valence-corrected chi connectivity index (χ4v) is 1.99. The number of nitrogens with zero attached hydrogens (tertiary/aromatic N) is 1. The van der Waals surface area contributed by atoms with Crippen molar-refractivity contribution in [2.75, 3.05) is 26.2 Å². The Kier molecular flexibility index (Phi) is 3.60. The molecular formula is C10H17N3O4. The van der Waals surface area contributed by atoms with Gasteiger partial charge in [-0.1, -0.05) is 6.92 Å². The summed E-state index contributed by atoms with van der Waals surface area (Å²) in [4.78, 5) is 24.5. The van der Waals surface area contributed by atoms with Crippen LogP contribution in [0.15, 0.2) is 0 Å². The molecule has 0 aliphatic carbocycles. The molecule has 3 amide bonds. The molecule has 0 bridgehead atoms. The topological polar surface area (TPSA) is 90.9 Å². The third-order valence-corrected chi connectivity index (χ3v) is 3.00. The van der Waals surface area contributed by atoms with Crippen molar-refractivity contribution in [3.63, 3.8) is 0 Å². The van der Waals surface area contributed by atoms with Crippen molar-refractivity contribution in [1.29, 1.82) is 0 Å². The number of hydrogen-bond donors (Lipinski definition) is 3. The molecule has 0 aromatic rings. The molecule has 2 aliphatic rings. The van der Waals surface area contributed by atoms with Crippen molar-refractivity contribution < 1.29 is 19.4 Å². The van der Waals surface area contributed by atoms with Crippen molar-refractivity contribution in [2.45, 2.75) is 19.3 Å². The van der Waals surface area contributed by atoms with E-state index in [0.717, 1.165) is 0 Å². The molecule has 2 rings (SSSR count). The fourth-order valence-electron chi connectivity index (χ4n) is 1.99. The summed E-state index contributed by atoms with van der Waals surface area (Å²) in [5, 5.41) is 14.4. The summed E-state index contributed by atoms with van der Waals surface area (Å²) in [6, 6.07) is -0.432. The van der Waals surface area contributed by atoms with Gasteiger partial charge in [0.15, 0.2) is 0 Å². The standard InChI is InChI=1S/C10H17N3O4/c1-6-4-13(10(16)12-9(6)15)8-3-11-2-7(5-14)17-8/h6-8,11,14H,2-5H2,1H3,(H,12,15,16)/t6?,7-,8+/m0/s1. The van der Waals surface area contributed by atoms with Crippen molar-refractivity contribution in [3.8, 4) is 0 Å². The minimum Gasteiger partial charge on any atom is -0.394 e. The van der Waals surface area contributed by atoms with E-state index in [0.29, 0.717) is 19.6 Å². The molecule has 0 radical (unpaired) electrons. The second-order valence-electron chi connectivity index (χ2n) is 4.40. The summed E-state index contributed by atoms with van der Waals surface area (Å²) in [5.41, 5.74) is 0. The number of amides is 3. The van der Waals surface area contributed by atoms with Crippen LogP contribution in [0.5, 0.6) is 0 Å². The molecule has 0 saturated carbocycles. The largest absolute Gasteiger partial charge is 0.394 e. The van der Waals surface area contributed by atoms with Crippen molar-refractivity contribution in [3.05, 3.63) is 0 Å². The van der Waals surface area contributed by atoms with Crippen molar-refractivity contribution in [1.82, 2.24) is 15.5 Å². The first-order chi connectivity index (χ1) is 8.11. The Labute approximate surface area is 99.1 Å². The third-order valence-electron chi connectivity index (χ3n) is 3.00. The van der Waals surface area contributed by atoms with Crippen LogP contribution in [0.3, 0.4) is 0 Å². The zero-order valence-electron chi connectivity index (χ0n) is 9.68. The van der Waals surface area contributed by atoms with Crippen LogP contribution in [0.25, 0.3) is 0 Å². The molecule has 2 fully saturated rings. The molecule has 2 aliphatic heterocycles.